The zero-order valence-electron chi connectivity index (χ0n) is 13.8. The second-order valence-corrected chi connectivity index (χ2v) is 5.51. The van der Waals surface area contributed by atoms with Crippen molar-refractivity contribution in [3.05, 3.63) is 18.2 Å². The SMILES string of the molecule is COc1ccc(NC(=O)CCC2C(=O)NC(=O)NC2C)c(OC)c1. The first-order valence-electron chi connectivity index (χ1n) is 7.57. The minimum atomic E-state index is -0.504. The molecule has 1 heterocycles. The van der Waals surface area contributed by atoms with E-state index < -0.39 is 11.9 Å². The van der Waals surface area contributed by atoms with Crippen molar-refractivity contribution >= 4 is 23.5 Å². The highest BCUT2D eigenvalue weighted by molar-refractivity contribution is 5.99. The third kappa shape index (κ3) is 4.15. The molecule has 2 unspecified atom stereocenters. The number of ether oxygens (including phenoxy) is 2. The molecule has 0 aromatic heterocycles. The standard InChI is InChI=1S/C16H21N3O5/c1-9-11(15(21)19-16(22)17-9)5-7-14(20)18-12-6-4-10(23-2)8-13(12)24-3/h4,6,8-9,11H,5,7H2,1-3H3,(H,18,20)(H2,17,19,21,22). The summed E-state index contributed by atoms with van der Waals surface area (Å²) in [6.07, 6.45) is 0.477. The van der Waals surface area contributed by atoms with E-state index in [1.807, 2.05) is 0 Å². The molecule has 8 heteroatoms. The van der Waals surface area contributed by atoms with Crippen molar-refractivity contribution in [1.29, 1.82) is 0 Å². The Morgan fingerprint density at radius 1 is 1.25 bits per heavy atom. The first kappa shape index (κ1) is 17.6. The van der Waals surface area contributed by atoms with Crippen LogP contribution >= 0.6 is 0 Å². The number of rotatable bonds is 6. The number of imide groups is 1. The van der Waals surface area contributed by atoms with E-state index in [1.54, 1.807) is 32.2 Å². The molecule has 0 aliphatic carbocycles. The molecule has 0 saturated carbocycles. The van der Waals surface area contributed by atoms with Crippen LogP contribution in [0.15, 0.2) is 18.2 Å². The lowest BCUT2D eigenvalue weighted by Crippen LogP contribution is -2.57. The van der Waals surface area contributed by atoms with Gasteiger partial charge < -0.3 is 20.1 Å². The maximum absolute atomic E-state index is 12.1. The molecule has 2 atom stereocenters. The van der Waals surface area contributed by atoms with Gasteiger partial charge in [-0.05, 0) is 25.5 Å². The summed E-state index contributed by atoms with van der Waals surface area (Å²) in [4.78, 5) is 35.1. The van der Waals surface area contributed by atoms with Crippen LogP contribution in [0, 0.1) is 5.92 Å². The van der Waals surface area contributed by atoms with Crippen molar-refractivity contribution in [2.75, 3.05) is 19.5 Å². The number of hydrogen-bond donors (Lipinski definition) is 3. The van der Waals surface area contributed by atoms with E-state index in [0.29, 0.717) is 23.6 Å². The van der Waals surface area contributed by atoms with Gasteiger partial charge in [0, 0.05) is 18.5 Å². The molecule has 0 radical (unpaired) electrons. The van der Waals surface area contributed by atoms with Gasteiger partial charge in [0.2, 0.25) is 11.8 Å². The third-order valence-corrected chi connectivity index (χ3v) is 3.90. The van der Waals surface area contributed by atoms with Gasteiger partial charge in [-0.3, -0.25) is 14.9 Å². The molecule has 1 aromatic rings. The largest absolute Gasteiger partial charge is 0.497 e. The molecule has 130 valence electrons. The summed E-state index contributed by atoms with van der Waals surface area (Å²) < 4.78 is 10.3. The summed E-state index contributed by atoms with van der Waals surface area (Å²) in [5, 5.41) is 7.59. The van der Waals surface area contributed by atoms with E-state index in [-0.39, 0.29) is 24.3 Å². The smallest absolute Gasteiger partial charge is 0.321 e. The zero-order chi connectivity index (χ0) is 17.7. The van der Waals surface area contributed by atoms with Gasteiger partial charge in [-0.25, -0.2) is 4.79 Å². The lowest BCUT2D eigenvalue weighted by atomic mass is 9.93. The summed E-state index contributed by atoms with van der Waals surface area (Å²) >= 11 is 0. The van der Waals surface area contributed by atoms with Crippen LogP contribution in [0.3, 0.4) is 0 Å². The fourth-order valence-electron chi connectivity index (χ4n) is 2.56. The van der Waals surface area contributed by atoms with Gasteiger partial charge in [0.05, 0.1) is 25.8 Å². The van der Waals surface area contributed by atoms with Crippen LogP contribution in [-0.2, 0) is 9.59 Å². The first-order valence-corrected chi connectivity index (χ1v) is 7.57. The molecule has 2 rings (SSSR count). The van der Waals surface area contributed by atoms with Crippen LogP contribution in [-0.4, -0.2) is 38.1 Å². The first-order chi connectivity index (χ1) is 11.4. The van der Waals surface area contributed by atoms with Gasteiger partial charge in [0.15, 0.2) is 0 Å². The Morgan fingerprint density at radius 3 is 2.62 bits per heavy atom. The predicted molar refractivity (Wildman–Crippen MR) is 87.0 cm³/mol. The number of amides is 4. The monoisotopic (exact) mass is 335 g/mol. The lowest BCUT2D eigenvalue weighted by Gasteiger charge is -2.28. The van der Waals surface area contributed by atoms with Gasteiger partial charge in [0.1, 0.15) is 11.5 Å². The number of benzene rings is 1. The van der Waals surface area contributed by atoms with E-state index in [4.69, 9.17) is 9.47 Å². The summed E-state index contributed by atoms with van der Waals surface area (Å²) in [7, 11) is 3.04. The van der Waals surface area contributed by atoms with Gasteiger partial charge in [-0.1, -0.05) is 0 Å². The molecular weight excluding hydrogens is 314 g/mol. The average Bonchev–Trinajstić information content (AvgIpc) is 2.54. The van der Waals surface area contributed by atoms with Crippen molar-refractivity contribution in [1.82, 2.24) is 10.6 Å². The quantitative estimate of drug-likeness (QED) is 0.726. The van der Waals surface area contributed by atoms with Crippen molar-refractivity contribution in [2.45, 2.75) is 25.8 Å². The molecule has 0 bridgehead atoms. The minimum Gasteiger partial charge on any atom is -0.497 e. The molecule has 4 amide bonds. The van der Waals surface area contributed by atoms with E-state index >= 15 is 0 Å². The van der Waals surface area contributed by atoms with E-state index in [0.717, 1.165) is 0 Å². The van der Waals surface area contributed by atoms with Crippen LogP contribution in [0.1, 0.15) is 19.8 Å². The Balaban J connectivity index is 1.94. The van der Waals surface area contributed by atoms with Crippen molar-refractivity contribution in [3.8, 4) is 11.5 Å². The highest BCUT2D eigenvalue weighted by Gasteiger charge is 2.32. The van der Waals surface area contributed by atoms with Crippen molar-refractivity contribution in [2.24, 2.45) is 5.92 Å². The summed E-state index contributed by atoms with van der Waals surface area (Å²) in [5.41, 5.74) is 0.526. The van der Waals surface area contributed by atoms with Gasteiger partial charge in [0.25, 0.3) is 0 Å². The summed E-state index contributed by atoms with van der Waals surface area (Å²) in [6, 6.07) is 4.25. The number of methoxy groups -OCH3 is 2. The second-order valence-electron chi connectivity index (χ2n) is 5.51. The Morgan fingerprint density at radius 2 is 2.00 bits per heavy atom. The maximum atomic E-state index is 12.1. The van der Waals surface area contributed by atoms with Gasteiger partial charge >= 0.3 is 6.03 Å². The number of anilines is 1. The zero-order valence-corrected chi connectivity index (χ0v) is 13.8. The molecule has 0 spiro atoms. The van der Waals surface area contributed by atoms with E-state index in [9.17, 15) is 14.4 Å². The van der Waals surface area contributed by atoms with E-state index in [2.05, 4.69) is 16.0 Å². The Hall–Kier alpha value is -2.77. The number of urea groups is 1. The number of nitrogens with one attached hydrogen (secondary N) is 3. The fraction of sp³-hybridized carbons (Fsp3) is 0.438. The van der Waals surface area contributed by atoms with Crippen molar-refractivity contribution in [3.63, 3.8) is 0 Å². The number of carbonyl (C=O) groups is 3. The molecule has 1 aromatic carbocycles. The van der Waals surface area contributed by atoms with Crippen LogP contribution in [0.25, 0.3) is 0 Å². The summed E-state index contributed by atoms with van der Waals surface area (Å²) in [6.45, 7) is 1.74. The minimum absolute atomic E-state index is 0.146. The van der Waals surface area contributed by atoms with Crippen LogP contribution < -0.4 is 25.4 Å². The fourth-order valence-corrected chi connectivity index (χ4v) is 2.56. The Kier molecular flexibility index (Phi) is 5.62. The van der Waals surface area contributed by atoms with E-state index in [1.165, 1.54) is 7.11 Å². The topological polar surface area (TPSA) is 106 Å². The maximum Gasteiger partial charge on any atom is 0.321 e. The van der Waals surface area contributed by atoms with Gasteiger partial charge in [-0.15, -0.1) is 0 Å². The molecule has 1 fully saturated rings. The lowest BCUT2D eigenvalue weighted by molar-refractivity contribution is -0.126. The highest BCUT2D eigenvalue weighted by atomic mass is 16.5. The number of carbonyl (C=O) groups excluding carboxylic acids is 3. The van der Waals surface area contributed by atoms with Crippen LogP contribution in [0.5, 0.6) is 11.5 Å². The highest BCUT2D eigenvalue weighted by Crippen LogP contribution is 2.29. The summed E-state index contributed by atoms with van der Waals surface area (Å²) in [5.74, 6) is 0.0645. The molecular formula is C16H21N3O5. The molecule has 24 heavy (non-hydrogen) atoms. The normalized spacial score (nSPS) is 20.0. The molecule has 1 aliphatic rings. The van der Waals surface area contributed by atoms with Crippen LogP contribution in [0.4, 0.5) is 10.5 Å². The Labute approximate surface area is 139 Å². The predicted octanol–water partition coefficient (Wildman–Crippen LogP) is 1.27. The Bertz CT molecular complexity index is 647. The molecule has 8 nitrogen and oxygen atoms in total. The van der Waals surface area contributed by atoms with Crippen molar-refractivity contribution < 1.29 is 23.9 Å². The number of hydrogen-bond acceptors (Lipinski definition) is 5. The molecule has 1 saturated heterocycles. The molecule has 3 N–H and O–H groups in total. The second kappa shape index (κ2) is 7.67. The molecule has 1 aliphatic heterocycles. The third-order valence-electron chi connectivity index (χ3n) is 3.90. The van der Waals surface area contributed by atoms with Gasteiger partial charge in [-0.2, -0.15) is 0 Å². The van der Waals surface area contributed by atoms with Crippen LogP contribution in [0.2, 0.25) is 0 Å². The average molecular weight is 335 g/mol.